The first kappa shape index (κ1) is 20.8. The molecule has 6 nitrogen and oxygen atoms in total. The maximum atomic E-state index is 11.9. The zero-order chi connectivity index (χ0) is 18.8. The Bertz CT molecular complexity index is 666. The summed E-state index contributed by atoms with van der Waals surface area (Å²) in [4.78, 5) is 11.9. The van der Waals surface area contributed by atoms with Crippen LogP contribution in [0.4, 0.5) is 0 Å². The minimum absolute atomic E-state index is 0.0294. The van der Waals surface area contributed by atoms with Gasteiger partial charge < -0.3 is 18.9 Å². The van der Waals surface area contributed by atoms with Gasteiger partial charge in [0.15, 0.2) is 11.5 Å². The number of carbonyl (C=O) groups excluding carboxylic acids is 1. The molecule has 136 valence electrons. The van der Waals surface area contributed by atoms with Crippen molar-refractivity contribution in [3.63, 3.8) is 0 Å². The predicted molar refractivity (Wildman–Crippen MR) is 94.8 cm³/mol. The van der Waals surface area contributed by atoms with Gasteiger partial charge in [0.1, 0.15) is 18.2 Å². The smallest absolute Gasteiger partial charge is 0.348 e. The molecule has 0 aliphatic rings. The number of hydrogen-bond acceptors (Lipinski definition) is 6. The Hall–Kier alpha value is -2.23. The number of benzene rings is 1. The molecule has 0 radical (unpaired) electrons. The lowest BCUT2D eigenvalue weighted by molar-refractivity contribution is -0.139. The predicted octanol–water partition coefficient (Wildman–Crippen LogP) is 3.62. The molecule has 0 spiro atoms. The summed E-state index contributed by atoms with van der Waals surface area (Å²) in [6, 6.07) is 5.06. The van der Waals surface area contributed by atoms with E-state index >= 15 is 0 Å². The van der Waals surface area contributed by atoms with Gasteiger partial charge in [-0.3, -0.25) is 0 Å². The standard InChI is InChI=1S/C18H22ClNO5/c1-5-12(2)25-17-15(19)9-13(10-16(17)23-4)8-14(11-20)18(21)24-7-6-22-3/h8-10,12H,5-7H2,1-4H3/b14-8+/t12-/m0/s1. The van der Waals surface area contributed by atoms with E-state index in [1.54, 1.807) is 12.1 Å². The van der Waals surface area contributed by atoms with Gasteiger partial charge in [0, 0.05) is 7.11 Å². The van der Waals surface area contributed by atoms with E-state index in [1.807, 2.05) is 19.9 Å². The first-order chi connectivity index (χ1) is 12.0. The highest BCUT2D eigenvalue weighted by Crippen LogP contribution is 2.38. The molecule has 0 aliphatic heterocycles. The summed E-state index contributed by atoms with van der Waals surface area (Å²) in [5.41, 5.74) is 0.378. The minimum Gasteiger partial charge on any atom is -0.493 e. The molecule has 0 bridgehead atoms. The number of rotatable bonds is 9. The lowest BCUT2D eigenvalue weighted by atomic mass is 10.1. The second-order valence-electron chi connectivity index (χ2n) is 5.17. The van der Waals surface area contributed by atoms with Crippen LogP contribution in [0.1, 0.15) is 25.8 Å². The van der Waals surface area contributed by atoms with Crippen molar-refractivity contribution in [2.24, 2.45) is 0 Å². The first-order valence-corrected chi connectivity index (χ1v) is 8.16. The maximum Gasteiger partial charge on any atom is 0.348 e. The quantitative estimate of drug-likeness (QED) is 0.287. The van der Waals surface area contributed by atoms with E-state index < -0.39 is 5.97 Å². The molecule has 1 rings (SSSR count). The van der Waals surface area contributed by atoms with Crippen LogP contribution in [0, 0.1) is 11.3 Å². The topological polar surface area (TPSA) is 77.8 Å². The number of esters is 1. The van der Waals surface area contributed by atoms with Gasteiger partial charge in [-0.15, -0.1) is 0 Å². The summed E-state index contributed by atoms with van der Waals surface area (Å²) in [6.45, 7) is 4.25. The van der Waals surface area contributed by atoms with Crippen LogP contribution in [0.25, 0.3) is 6.08 Å². The highest BCUT2D eigenvalue weighted by atomic mass is 35.5. The van der Waals surface area contributed by atoms with Crippen molar-refractivity contribution in [1.29, 1.82) is 5.26 Å². The van der Waals surface area contributed by atoms with E-state index in [4.69, 9.17) is 30.5 Å². The third-order valence-electron chi connectivity index (χ3n) is 3.32. The Balaban J connectivity index is 3.10. The van der Waals surface area contributed by atoms with E-state index in [1.165, 1.54) is 20.3 Å². The summed E-state index contributed by atoms with van der Waals surface area (Å²) >= 11 is 6.27. The summed E-state index contributed by atoms with van der Waals surface area (Å²) in [5, 5.41) is 9.51. The van der Waals surface area contributed by atoms with Crippen LogP contribution in [0.5, 0.6) is 11.5 Å². The summed E-state index contributed by atoms with van der Waals surface area (Å²) in [5.74, 6) is 0.121. The third kappa shape index (κ3) is 6.29. The van der Waals surface area contributed by atoms with Crippen LogP contribution < -0.4 is 9.47 Å². The molecular formula is C18H22ClNO5. The second-order valence-corrected chi connectivity index (χ2v) is 5.58. The number of halogens is 1. The molecule has 1 aromatic carbocycles. The lowest BCUT2D eigenvalue weighted by Crippen LogP contribution is -2.11. The molecule has 25 heavy (non-hydrogen) atoms. The largest absolute Gasteiger partial charge is 0.493 e. The van der Waals surface area contributed by atoms with Crippen LogP contribution >= 0.6 is 11.6 Å². The Labute approximate surface area is 152 Å². The van der Waals surface area contributed by atoms with Gasteiger partial charge in [-0.05, 0) is 37.1 Å². The average Bonchev–Trinajstić information content (AvgIpc) is 2.61. The molecule has 0 unspecified atom stereocenters. The van der Waals surface area contributed by atoms with Crippen molar-refractivity contribution in [1.82, 2.24) is 0 Å². The number of methoxy groups -OCH3 is 2. The lowest BCUT2D eigenvalue weighted by Gasteiger charge is -2.17. The fourth-order valence-electron chi connectivity index (χ4n) is 1.82. The van der Waals surface area contributed by atoms with Gasteiger partial charge in [-0.1, -0.05) is 18.5 Å². The summed E-state index contributed by atoms with van der Waals surface area (Å²) in [6.07, 6.45) is 2.17. The van der Waals surface area contributed by atoms with Crippen molar-refractivity contribution < 1.29 is 23.7 Å². The molecule has 0 N–H and O–H groups in total. The monoisotopic (exact) mass is 367 g/mol. The van der Waals surface area contributed by atoms with Crippen LogP contribution in [0.3, 0.4) is 0 Å². The fourth-order valence-corrected chi connectivity index (χ4v) is 2.08. The number of nitrogens with zero attached hydrogens (tertiary/aromatic N) is 1. The molecule has 0 saturated heterocycles. The second kappa shape index (κ2) is 10.6. The Morgan fingerprint density at radius 2 is 2.08 bits per heavy atom. The zero-order valence-corrected chi connectivity index (χ0v) is 15.6. The first-order valence-electron chi connectivity index (χ1n) is 7.78. The molecule has 0 fully saturated rings. The number of hydrogen-bond donors (Lipinski definition) is 0. The third-order valence-corrected chi connectivity index (χ3v) is 3.60. The van der Waals surface area contributed by atoms with Gasteiger partial charge in [-0.25, -0.2) is 4.79 Å². The van der Waals surface area contributed by atoms with Crippen molar-refractivity contribution in [2.75, 3.05) is 27.4 Å². The number of nitriles is 1. The maximum absolute atomic E-state index is 11.9. The number of carbonyl (C=O) groups is 1. The molecule has 0 saturated carbocycles. The van der Waals surface area contributed by atoms with E-state index in [9.17, 15) is 10.1 Å². The molecule has 7 heteroatoms. The van der Waals surface area contributed by atoms with Crippen molar-refractivity contribution in [3.05, 3.63) is 28.3 Å². The van der Waals surface area contributed by atoms with E-state index in [0.29, 0.717) is 22.1 Å². The summed E-state index contributed by atoms with van der Waals surface area (Å²) < 4.78 is 20.8. The van der Waals surface area contributed by atoms with Gasteiger partial charge in [-0.2, -0.15) is 5.26 Å². The van der Waals surface area contributed by atoms with Crippen molar-refractivity contribution in [2.45, 2.75) is 26.4 Å². The molecule has 0 amide bonds. The van der Waals surface area contributed by atoms with Crippen LogP contribution in [0.15, 0.2) is 17.7 Å². The summed E-state index contributed by atoms with van der Waals surface area (Å²) in [7, 11) is 2.99. The molecule has 0 aliphatic carbocycles. The van der Waals surface area contributed by atoms with Crippen molar-refractivity contribution >= 4 is 23.6 Å². The normalized spacial score (nSPS) is 12.2. The van der Waals surface area contributed by atoms with Crippen LogP contribution in [0.2, 0.25) is 5.02 Å². The Morgan fingerprint density at radius 1 is 1.36 bits per heavy atom. The molecule has 0 aromatic heterocycles. The van der Waals surface area contributed by atoms with Crippen LogP contribution in [-0.4, -0.2) is 39.5 Å². The van der Waals surface area contributed by atoms with Gasteiger partial charge in [0.25, 0.3) is 0 Å². The molecule has 0 heterocycles. The van der Waals surface area contributed by atoms with E-state index in [-0.39, 0.29) is 24.9 Å². The van der Waals surface area contributed by atoms with Gasteiger partial charge >= 0.3 is 5.97 Å². The molecule has 1 aromatic rings. The minimum atomic E-state index is -0.727. The molecular weight excluding hydrogens is 346 g/mol. The Kier molecular flexibility index (Phi) is 8.82. The van der Waals surface area contributed by atoms with Gasteiger partial charge in [0.2, 0.25) is 0 Å². The fraction of sp³-hybridized carbons (Fsp3) is 0.444. The van der Waals surface area contributed by atoms with Gasteiger partial charge in [0.05, 0.1) is 24.8 Å². The molecule has 1 atom stereocenters. The Morgan fingerprint density at radius 3 is 2.64 bits per heavy atom. The highest BCUT2D eigenvalue weighted by molar-refractivity contribution is 6.32. The zero-order valence-electron chi connectivity index (χ0n) is 14.8. The number of ether oxygens (including phenoxy) is 4. The van der Waals surface area contributed by atoms with E-state index in [0.717, 1.165) is 6.42 Å². The average molecular weight is 368 g/mol. The SMILES string of the molecule is CC[C@H](C)Oc1c(Cl)cc(/C=C(\C#N)C(=O)OCCOC)cc1OC. The highest BCUT2D eigenvalue weighted by Gasteiger charge is 2.16. The van der Waals surface area contributed by atoms with Crippen LogP contribution in [-0.2, 0) is 14.3 Å². The van der Waals surface area contributed by atoms with Crippen molar-refractivity contribution in [3.8, 4) is 17.6 Å². The van der Waals surface area contributed by atoms with E-state index in [2.05, 4.69) is 0 Å².